The van der Waals surface area contributed by atoms with Crippen LogP contribution in [0.15, 0.2) is 18.2 Å². The highest BCUT2D eigenvalue weighted by atomic mass is 35.5. The molecule has 1 rings (SSSR count). The molecule has 0 atom stereocenters. The van der Waals surface area contributed by atoms with Crippen LogP contribution in [0.25, 0.3) is 0 Å². The van der Waals surface area contributed by atoms with Gasteiger partial charge in [0.2, 0.25) is 5.91 Å². The van der Waals surface area contributed by atoms with Gasteiger partial charge in [0.1, 0.15) is 0 Å². The molecule has 0 fully saturated rings. The molecule has 0 spiro atoms. The van der Waals surface area contributed by atoms with Crippen molar-refractivity contribution in [2.45, 2.75) is 20.4 Å². The first-order valence-corrected chi connectivity index (χ1v) is 6.75. The summed E-state index contributed by atoms with van der Waals surface area (Å²) in [6, 6.07) is 5.53. The van der Waals surface area contributed by atoms with E-state index in [1.165, 1.54) is 0 Å². The summed E-state index contributed by atoms with van der Waals surface area (Å²) in [6.45, 7) is 5.88. The number of carbonyl (C=O) groups is 1. The average Bonchev–Trinajstić information content (AvgIpc) is 2.31. The van der Waals surface area contributed by atoms with Gasteiger partial charge in [-0.15, -0.1) is 0 Å². The monoisotopic (exact) mass is 283 g/mol. The maximum Gasteiger partial charge on any atom is 0.234 e. The largest absolute Gasteiger partial charge is 0.398 e. The standard InChI is InChI=1S/C14H22ClN3O/c1-10(2)7-17-14(19)9-18(3)8-11-4-5-12(15)13(16)6-11/h4-6,10H,7-9,16H2,1-3H3,(H,17,19). The lowest BCUT2D eigenvalue weighted by molar-refractivity contribution is -0.122. The summed E-state index contributed by atoms with van der Waals surface area (Å²) in [4.78, 5) is 13.6. The van der Waals surface area contributed by atoms with E-state index in [1.54, 1.807) is 6.07 Å². The number of carbonyl (C=O) groups excluding carboxylic acids is 1. The third-order valence-electron chi connectivity index (χ3n) is 2.63. The molecule has 19 heavy (non-hydrogen) atoms. The van der Waals surface area contributed by atoms with Crippen LogP contribution in [-0.2, 0) is 11.3 Å². The van der Waals surface area contributed by atoms with Gasteiger partial charge in [0.15, 0.2) is 0 Å². The van der Waals surface area contributed by atoms with Gasteiger partial charge in [-0.05, 0) is 30.7 Å². The summed E-state index contributed by atoms with van der Waals surface area (Å²) in [7, 11) is 1.90. The number of benzene rings is 1. The zero-order valence-electron chi connectivity index (χ0n) is 11.7. The molecule has 0 bridgehead atoms. The van der Waals surface area contributed by atoms with Crippen molar-refractivity contribution in [2.24, 2.45) is 5.92 Å². The SMILES string of the molecule is CC(C)CNC(=O)CN(C)Cc1ccc(Cl)c(N)c1. The summed E-state index contributed by atoms with van der Waals surface area (Å²) >= 11 is 5.87. The van der Waals surface area contributed by atoms with Gasteiger partial charge in [-0.25, -0.2) is 0 Å². The minimum absolute atomic E-state index is 0.0399. The topological polar surface area (TPSA) is 58.4 Å². The predicted octanol–water partition coefficient (Wildman–Crippen LogP) is 2.13. The Hall–Kier alpha value is -1.26. The third kappa shape index (κ3) is 5.94. The zero-order valence-corrected chi connectivity index (χ0v) is 12.5. The van der Waals surface area contributed by atoms with Crippen LogP contribution in [0.2, 0.25) is 5.02 Å². The minimum atomic E-state index is 0.0399. The third-order valence-corrected chi connectivity index (χ3v) is 2.98. The highest BCUT2D eigenvalue weighted by molar-refractivity contribution is 6.33. The summed E-state index contributed by atoms with van der Waals surface area (Å²) in [6.07, 6.45) is 0. The van der Waals surface area contributed by atoms with E-state index < -0.39 is 0 Å². The lowest BCUT2D eigenvalue weighted by Crippen LogP contribution is -2.36. The summed E-state index contributed by atoms with van der Waals surface area (Å²) < 4.78 is 0. The summed E-state index contributed by atoms with van der Waals surface area (Å²) in [5, 5.41) is 3.45. The molecule has 106 valence electrons. The number of hydrogen-bond donors (Lipinski definition) is 2. The normalized spacial score (nSPS) is 11.1. The van der Waals surface area contributed by atoms with Crippen LogP contribution in [-0.4, -0.2) is 30.9 Å². The van der Waals surface area contributed by atoms with Gasteiger partial charge in [-0.3, -0.25) is 9.69 Å². The Balaban J connectivity index is 2.44. The molecule has 3 N–H and O–H groups in total. The number of amides is 1. The fraction of sp³-hybridized carbons (Fsp3) is 0.500. The molecule has 0 aliphatic rings. The van der Waals surface area contributed by atoms with Crippen LogP contribution >= 0.6 is 11.6 Å². The second-order valence-electron chi connectivity index (χ2n) is 5.23. The van der Waals surface area contributed by atoms with Crippen LogP contribution in [0.5, 0.6) is 0 Å². The molecule has 0 heterocycles. The van der Waals surface area contributed by atoms with Gasteiger partial charge in [0.25, 0.3) is 0 Å². The molecule has 0 aromatic heterocycles. The Morgan fingerprint density at radius 2 is 2.16 bits per heavy atom. The van der Waals surface area contributed by atoms with Crippen molar-refractivity contribution in [2.75, 3.05) is 25.9 Å². The Morgan fingerprint density at radius 1 is 1.47 bits per heavy atom. The number of nitrogens with one attached hydrogen (secondary N) is 1. The smallest absolute Gasteiger partial charge is 0.234 e. The number of nitrogens with two attached hydrogens (primary N) is 1. The Kier molecular flexibility index (Phi) is 6.12. The molecule has 4 nitrogen and oxygen atoms in total. The fourth-order valence-corrected chi connectivity index (χ4v) is 1.80. The molecule has 1 amide bonds. The molecule has 0 aliphatic carbocycles. The number of rotatable bonds is 6. The van der Waals surface area contributed by atoms with E-state index in [0.29, 0.717) is 36.3 Å². The van der Waals surface area contributed by atoms with Crippen LogP contribution < -0.4 is 11.1 Å². The van der Waals surface area contributed by atoms with Crippen LogP contribution in [0.4, 0.5) is 5.69 Å². The second kappa shape index (κ2) is 7.36. The highest BCUT2D eigenvalue weighted by Crippen LogP contribution is 2.20. The molecule has 0 radical (unpaired) electrons. The van der Waals surface area contributed by atoms with Gasteiger partial charge in [0.05, 0.1) is 17.3 Å². The molecular formula is C14H22ClN3O. The van der Waals surface area contributed by atoms with E-state index in [0.717, 1.165) is 5.56 Å². The van der Waals surface area contributed by atoms with Crippen molar-refractivity contribution in [3.63, 3.8) is 0 Å². The molecule has 1 aromatic carbocycles. The summed E-state index contributed by atoms with van der Waals surface area (Å²) in [5.41, 5.74) is 7.36. The molecule has 0 unspecified atom stereocenters. The van der Waals surface area contributed by atoms with E-state index in [-0.39, 0.29) is 5.91 Å². The zero-order chi connectivity index (χ0) is 14.4. The van der Waals surface area contributed by atoms with Gasteiger partial charge in [-0.2, -0.15) is 0 Å². The Morgan fingerprint density at radius 3 is 2.74 bits per heavy atom. The lowest BCUT2D eigenvalue weighted by Gasteiger charge is -2.17. The number of nitrogen functional groups attached to an aromatic ring is 1. The number of halogens is 1. The first kappa shape index (κ1) is 15.8. The molecule has 1 aromatic rings. The van der Waals surface area contributed by atoms with Crippen molar-refractivity contribution in [3.8, 4) is 0 Å². The van der Waals surface area contributed by atoms with E-state index >= 15 is 0 Å². The molecule has 0 saturated carbocycles. The Labute approximate surface area is 119 Å². The molecule has 0 saturated heterocycles. The Bertz CT molecular complexity index is 435. The maximum absolute atomic E-state index is 11.7. The van der Waals surface area contributed by atoms with Crippen molar-refractivity contribution in [1.82, 2.24) is 10.2 Å². The first-order chi connectivity index (χ1) is 8.88. The van der Waals surface area contributed by atoms with Crippen LogP contribution in [0.3, 0.4) is 0 Å². The van der Waals surface area contributed by atoms with Gasteiger partial charge >= 0.3 is 0 Å². The maximum atomic E-state index is 11.7. The molecule has 5 heteroatoms. The average molecular weight is 284 g/mol. The lowest BCUT2D eigenvalue weighted by atomic mass is 10.2. The van der Waals surface area contributed by atoms with Crippen LogP contribution in [0, 0.1) is 5.92 Å². The van der Waals surface area contributed by atoms with E-state index in [4.69, 9.17) is 17.3 Å². The highest BCUT2D eigenvalue weighted by Gasteiger charge is 2.08. The predicted molar refractivity (Wildman–Crippen MR) is 80.0 cm³/mol. The van der Waals surface area contributed by atoms with Crippen molar-refractivity contribution < 1.29 is 4.79 Å². The van der Waals surface area contributed by atoms with Gasteiger partial charge < -0.3 is 11.1 Å². The number of likely N-dealkylation sites (N-methyl/N-ethyl adjacent to an activating group) is 1. The molecule has 0 aliphatic heterocycles. The van der Waals surface area contributed by atoms with Crippen molar-refractivity contribution in [1.29, 1.82) is 0 Å². The van der Waals surface area contributed by atoms with Crippen molar-refractivity contribution in [3.05, 3.63) is 28.8 Å². The van der Waals surface area contributed by atoms with E-state index in [9.17, 15) is 4.79 Å². The number of nitrogens with zero attached hydrogens (tertiary/aromatic N) is 1. The first-order valence-electron chi connectivity index (χ1n) is 6.37. The summed E-state index contributed by atoms with van der Waals surface area (Å²) in [5.74, 6) is 0.503. The minimum Gasteiger partial charge on any atom is -0.398 e. The van der Waals surface area contributed by atoms with E-state index in [2.05, 4.69) is 19.2 Å². The second-order valence-corrected chi connectivity index (χ2v) is 5.63. The van der Waals surface area contributed by atoms with Gasteiger partial charge in [0, 0.05) is 13.1 Å². The number of anilines is 1. The molecular weight excluding hydrogens is 262 g/mol. The van der Waals surface area contributed by atoms with Crippen LogP contribution in [0.1, 0.15) is 19.4 Å². The van der Waals surface area contributed by atoms with Crippen molar-refractivity contribution >= 4 is 23.2 Å². The number of hydrogen-bond acceptors (Lipinski definition) is 3. The quantitative estimate of drug-likeness (QED) is 0.787. The van der Waals surface area contributed by atoms with Gasteiger partial charge in [-0.1, -0.05) is 31.5 Å². The van der Waals surface area contributed by atoms with E-state index in [1.807, 2.05) is 24.1 Å². The fourth-order valence-electron chi connectivity index (χ4n) is 1.68.